The van der Waals surface area contributed by atoms with E-state index in [4.69, 9.17) is 8.94 Å². The lowest BCUT2D eigenvalue weighted by atomic mass is 9.97. The highest BCUT2D eigenvalue weighted by molar-refractivity contribution is 9.10. The van der Waals surface area contributed by atoms with E-state index in [1.807, 2.05) is 0 Å². The van der Waals surface area contributed by atoms with E-state index in [-0.39, 0.29) is 30.1 Å². The zero-order valence-corrected chi connectivity index (χ0v) is 12.9. The Bertz CT molecular complexity index is 653. The van der Waals surface area contributed by atoms with Gasteiger partial charge in [0.1, 0.15) is 0 Å². The van der Waals surface area contributed by atoms with Crippen molar-refractivity contribution in [1.82, 2.24) is 15.0 Å². The molecule has 1 aliphatic heterocycles. The number of carbonyl (C=O) groups is 1. The van der Waals surface area contributed by atoms with Gasteiger partial charge < -0.3 is 18.9 Å². The Morgan fingerprint density at radius 2 is 2.33 bits per heavy atom. The minimum absolute atomic E-state index is 0.0439. The molecular formula is C13H14BrN3O4. The molecule has 2 aromatic heterocycles. The minimum Gasteiger partial charge on any atom is -0.444 e. The normalized spacial score (nSPS) is 22.0. The Morgan fingerprint density at radius 1 is 1.52 bits per heavy atom. The SMILES string of the molecule is Cc1noc([C@@H]2CN(C(=O)c3ccc(Br)o3)C[C@H]2CO)n1. The molecule has 0 spiro atoms. The molecule has 1 aliphatic rings. The summed E-state index contributed by atoms with van der Waals surface area (Å²) in [7, 11) is 0. The van der Waals surface area contributed by atoms with Gasteiger partial charge in [-0.15, -0.1) is 0 Å². The first kappa shape index (κ1) is 14.3. The van der Waals surface area contributed by atoms with Crippen LogP contribution in [0.2, 0.25) is 0 Å². The topological polar surface area (TPSA) is 92.6 Å². The van der Waals surface area contributed by atoms with Gasteiger partial charge in [0.15, 0.2) is 16.3 Å². The molecule has 1 saturated heterocycles. The number of aromatic nitrogens is 2. The highest BCUT2D eigenvalue weighted by atomic mass is 79.9. The number of hydrogen-bond acceptors (Lipinski definition) is 6. The van der Waals surface area contributed by atoms with Gasteiger partial charge in [-0.05, 0) is 35.0 Å². The molecule has 3 heterocycles. The Hall–Kier alpha value is -1.67. The average Bonchev–Trinajstić information content (AvgIpc) is 3.16. The van der Waals surface area contributed by atoms with Gasteiger partial charge in [-0.1, -0.05) is 5.16 Å². The third-order valence-electron chi connectivity index (χ3n) is 3.61. The summed E-state index contributed by atoms with van der Waals surface area (Å²) in [6, 6.07) is 3.29. The minimum atomic E-state index is -0.210. The fraction of sp³-hybridized carbons (Fsp3) is 0.462. The summed E-state index contributed by atoms with van der Waals surface area (Å²) < 4.78 is 11.0. The molecule has 0 aromatic carbocycles. The molecule has 21 heavy (non-hydrogen) atoms. The number of rotatable bonds is 3. The summed E-state index contributed by atoms with van der Waals surface area (Å²) in [6.45, 7) is 2.54. The van der Waals surface area contributed by atoms with Crippen molar-refractivity contribution in [3.63, 3.8) is 0 Å². The van der Waals surface area contributed by atoms with Crippen molar-refractivity contribution in [2.45, 2.75) is 12.8 Å². The summed E-state index contributed by atoms with van der Waals surface area (Å²) in [5.41, 5.74) is 0. The van der Waals surface area contributed by atoms with E-state index >= 15 is 0 Å². The van der Waals surface area contributed by atoms with Crippen molar-refractivity contribution in [2.75, 3.05) is 19.7 Å². The summed E-state index contributed by atoms with van der Waals surface area (Å²) in [5.74, 6) is 0.786. The largest absolute Gasteiger partial charge is 0.444 e. The molecule has 3 rings (SSSR count). The van der Waals surface area contributed by atoms with Gasteiger partial charge in [0.05, 0.1) is 5.92 Å². The number of likely N-dealkylation sites (tertiary alicyclic amines) is 1. The first-order valence-corrected chi connectivity index (χ1v) is 7.33. The fourth-order valence-corrected chi connectivity index (χ4v) is 2.86. The van der Waals surface area contributed by atoms with Crippen LogP contribution in [0, 0.1) is 12.8 Å². The molecule has 0 saturated carbocycles. The number of halogens is 1. The van der Waals surface area contributed by atoms with Gasteiger partial charge in [0.25, 0.3) is 5.91 Å². The second-order valence-electron chi connectivity index (χ2n) is 5.04. The molecular weight excluding hydrogens is 342 g/mol. The van der Waals surface area contributed by atoms with Gasteiger partial charge in [0, 0.05) is 25.6 Å². The van der Waals surface area contributed by atoms with Crippen molar-refractivity contribution in [3.8, 4) is 0 Å². The van der Waals surface area contributed by atoms with Crippen molar-refractivity contribution in [2.24, 2.45) is 5.92 Å². The van der Waals surface area contributed by atoms with Gasteiger partial charge in [-0.25, -0.2) is 0 Å². The molecule has 1 amide bonds. The summed E-state index contributed by atoms with van der Waals surface area (Å²) in [5, 5.41) is 13.3. The molecule has 1 fully saturated rings. The monoisotopic (exact) mass is 355 g/mol. The van der Waals surface area contributed by atoms with Crippen molar-refractivity contribution < 1.29 is 18.8 Å². The van der Waals surface area contributed by atoms with Crippen LogP contribution >= 0.6 is 15.9 Å². The first-order chi connectivity index (χ1) is 10.1. The zero-order valence-electron chi connectivity index (χ0n) is 11.3. The number of amides is 1. The van der Waals surface area contributed by atoms with Crippen LogP contribution in [0.25, 0.3) is 0 Å². The lowest BCUT2D eigenvalue weighted by Crippen LogP contribution is -2.28. The average molecular weight is 356 g/mol. The number of hydrogen-bond donors (Lipinski definition) is 1. The van der Waals surface area contributed by atoms with E-state index in [9.17, 15) is 9.90 Å². The van der Waals surface area contributed by atoms with E-state index in [0.717, 1.165) is 0 Å². The van der Waals surface area contributed by atoms with Crippen molar-refractivity contribution in [3.05, 3.63) is 34.3 Å². The van der Waals surface area contributed by atoms with E-state index < -0.39 is 0 Å². The highest BCUT2D eigenvalue weighted by Gasteiger charge is 2.39. The number of carbonyl (C=O) groups excluding carboxylic acids is 1. The Kier molecular flexibility index (Phi) is 3.81. The second kappa shape index (κ2) is 5.61. The number of aliphatic hydroxyl groups is 1. The maximum atomic E-state index is 12.4. The van der Waals surface area contributed by atoms with Crippen LogP contribution in [0.15, 0.2) is 25.7 Å². The van der Waals surface area contributed by atoms with Crippen LogP contribution in [0.1, 0.15) is 28.2 Å². The van der Waals surface area contributed by atoms with Crippen LogP contribution in [-0.4, -0.2) is 45.8 Å². The lowest BCUT2D eigenvalue weighted by molar-refractivity contribution is 0.0748. The van der Waals surface area contributed by atoms with Crippen LogP contribution < -0.4 is 0 Å². The van der Waals surface area contributed by atoms with E-state index in [1.165, 1.54) is 0 Å². The van der Waals surface area contributed by atoms with Gasteiger partial charge in [-0.3, -0.25) is 4.79 Å². The van der Waals surface area contributed by atoms with Gasteiger partial charge in [0.2, 0.25) is 5.89 Å². The number of nitrogens with zero attached hydrogens (tertiary/aromatic N) is 3. The maximum Gasteiger partial charge on any atom is 0.289 e. The Balaban J connectivity index is 1.79. The number of furan rings is 1. The fourth-order valence-electron chi connectivity index (χ4n) is 2.55. The number of aryl methyl sites for hydroxylation is 1. The molecule has 0 bridgehead atoms. The lowest BCUT2D eigenvalue weighted by Gasteiger charge is -2.13. The molecule has 2 aromatic rings. The molecule has 0 aliphatic carbocycles. The molecule has 0 radical (unpaired) electrons. The van der Waals surface area contributed by atoms with Crippen LogP contribution in [-0.2, 0) is 0 Å². The maximum absolute atomic E-state index is 12.4. The summed E-state index contributed by atoms with van der Waals surface area (Å²) >= 11 is 3.18. The molecule has 7 nitrogen and oxygen atoms in total. The third-order valence-corrected chi connectivity index (χ3v) is 4.03. The van der Waals surface area contributed by atoms with Gasteiger partial charge >= 0.3 is 0 Å². The molecule has 0 unspecified atom stereocenters. The summed E-state index contributed by atoms with van der Waals surface area (Å²) in [6.07, 6.45) is 0. The van der Waals surface area contributed by atoms with Crippen LogP contribution in [0.4, 0.5) is 0 Å². The Labute approximate surface area is 129 Å². The molecule has 1 N–H and O–H groups in total. The van der Waals surface area contributed by atoms with Crippen LogP contribution in [0.5, 0.6) is 0 Å². The second-order valence-corrected chi connectivity index (χ2v) is 5.82. The molecule has 112 valence electrons. The third kappa shape index (κ3) is 2.73. The van der Waals surface area contributed by atoms with E-state index in [1.54, 1.807) is 24.0 Å². The number of aliphatic hydroxyl groups excluding tert-OH is 1. The first-order valence-electron chi connectivity index (χ1n) is 6.54. The quantitative estimate of drug-likeness (QED) is 0.898. The standard InChI is InChI=1S/C13H14BrN3O4/c1-7-15-12(21-16-7)9-5-17(4-8(9)6-18)13(19)10-2-3-11(14)20-10/h2-3,8-9,18H,4-6H2,1H3/t8-,9+/m0/s1. The van der Waals surface area contributed by atoms with Crippen molar-refractivity contribution in [1.29, 1.82) is 0 Å². The van der Waals surface area contributed by atoms with Crippen molar-refractivity contribution >= 4 is 21.8 Å². The van der Waals surface area contributed by atoms with E-state index in [0.29, 0.717) is 29.5 Å². The smallest absolute Gasteiger partial charge is 0.289 e. The predicted octanol–water partition coefficient (Wildman–Crippen LogP) is 1.58. The molecule has 8 heteroatoms. The Morgan fingerprint density at radius 3 is 2.90 bits per heavy atom. The molecule has 2 atom stereocenters. The van der Waals surface area contributed by atoms with E-state index in [2.05, 4.69) is 26.1 Å². The van der Waals surface area contributed by atoms with Gasteiger partial charge in [-0.2, -0.15) is 4.98 Å². The zero-order chi connectivity index (χ0) is 15.0. The predicted molar refractivity (Wildman–Crippen MR) is 74.7 cm³/mol. The van der Waals surface area contributed by atoms with Crippen LogP contribution in [0.3, 0.4) is 0 Å². The summed E-state index contributed by atoms with van der Waals surface area (Å²) in [4.78, 5) is 18.2. The highest BCUT2D eigenvalue weighted by Crippen LogP contribution is 2.32.